The minimum Gasteiger partial charge on any atom is -0.303 e. The summed E-state index contributed by atoms with van der Waals surface area (Å²) in [5.41, 5.74) is 0. The second-order valence-corrected chi connectivity index (χ2v) is 5.65. The molecular weight excluding hydrogens is 272 g/mol. The van der Waals surface area contributed by atoms with E-state index in [4.69, 9.17) is 12.2 Å². The summed E-state index contributed by atoms with van der Waals surface area (Å²) in [6.45, 7) is 4.04. The highest BCUT2D eigenvalue weighted by molar-refractivity contribution is 7.80. The van der Waals surface area contributed by atoms with Gasteiger partial charge in [0.2, 0.25) is 11.0 Å². The number of carbonyl (C=O) groups excluding carboxylic acids is 1. The Morgan fingerprint density at radius 1 is 1.30 bits per heavy atom. The number of allylic oxidation sites excluding steroid dienone is 1. The van der Waals surface area contributed by atoms with Crippen LogP contribution in [0.1, 0.15) is 19.3 Å². The number of aliphatic imine (C=N–C) groups is 2. The molecule has 0 N–H and O–H groups in total. The molecule has 106 valence electrons. The van der Waals surface area contributed by atoms with Crippen LogP contribution in [0, 0.1) is 5.92 Å². The third kappa shape index (κ3) is 2.71. The molecule has 3 aliphatic rings. The van der Waals surface area contributed by atoms with Gasteiger partial charge in [0.25, 0.3) is 0 Å². The number of amidine groups is 1. The molecule has 0 spiro atoms. The van der Waals surface area contributed by atoms with Crippen LogP contribution in [-0.4, -0.2) is 59.0 Å². The largest absolute Gasteiger partial charge is 0.303 e. The van der Waals surface area contributed by atoms with Gasteiger partial charge in [-0.1, -0.05) is 6.08 Å². The van der Waals surface area contributed by atoms with Gasteiger partial charge in [-0.3, -0.25) is 9.69 Å². The predicted molar refractivity (Wildman–Crippen MR) is 83.2 cm³/mol. The summed E-state index contributed by atoms with van der Waals surface area (Å²) in [5, 5.41) is 0.357. The van der Waals surface area contributed by atoms with E-state index >= 15 is 0 Å². The normalized spacial score (nSPS) is 26.1. The van der Waals surface area contributed by atoms with Crippen molar-refractivity contribution in [3.05, 3.63) is 12.2 Å². The topological polar surface area (TPSA) is 48.3 Å². The van der Waals surface area contributed by atoms with E-state index in [1.54, 1.807) is 17.2 Å². The molecule has 0 aromatic heterocycles. The first kappa shape index (κ1) is 13.6. The predicted octanol–water partition coefficient (Wildman–Crippen LogP) is 1.25. The number of amides is 1. The summed E-state index contributed by atoms with van der Waals surface area (Å²) in [6, 6.07) is 0. The minimum atomic E-state index is -0.349. The molecule has 0 aromatic rings. The lowest BCUT2D eigenvalue weighted by Crippen LogP contribution is -2.46. The lowest BCUT2D eigenvalue weighted by Gasteiger charge is -2.30. The van der Waals surface area contributed by atoms with E-state index in [1.807, 2.05) is 6.08 Å². The number of nitrogens with zero attached hydrogens (tertiary/aromatic N) is 4. The Bertz CT molecular complexity index is 505. The molecule has 0 bridgehead atoms. The number of hydrogen-bond donors (Lipinski definition) is 0. The van der Waals surface area contributed by atoms with E-state index in [-0.39, 0.29) is 11.8 Å². The maximum absolute atomic E-state index is 12.4. The Morgan fingerprint density at radius 3 is 2.90 bits per heavy atom. The third-order valence-corrected chi connectivity index (χ3v) is 4.21. The first-order valence-electron chi connectivity index (χ1n) is 7.13. The number of dihydropyridines is 1. The fourth-order valence-electron chi connectivity index (χ4n) is 2.82. The SMILES string of the molecule is O=C1C2C=CC=NC2=NC(=S)N1CCCN1CCCC1. The van der Waals surface area contributed by atoms with Crippen molar-refractivity contribution in [3.8, 4) is 0 Å². The van der Waals surface area contributed by atoms with Gasteiger partial charge in [-0.25, -0.2) is 9.98 Å². The van der Waals surface area contributed by atoms with Gasteiger partial charge < -0.3 is 4.90 Å². The number of fused-ring (bicyclic) bond motifs is 1. The van der Waals surface area contributed by atoms with Crippen molar-refractivity contribution in [3.63, 3.8) is 0 Å². The smallest absolute Gasteiger partial charge is 0.243 e. The summed E-state index contributed by atoms with van der Waals surface area (Å²) in [6.07, 6.45) is 8.80. The summed E-state index contributed by atoms with van der Waals surface area (Å²) in [4.78, 5) is 24.9. The molecule has 0 radical (unpaired) electrons. The van der Waals surface area contributed by atoms with Crippen LogP contribution in [0.2, 0.25) is 0 Å². The Hall–Kier alpha value is -1.40. The molecule has 20 heavy (non-hydrogen) atoms. The Morgan fingerprint density at radius 2 is 2.10 bits per heavy atom. The Kier molecular flexibility index (Phi) is 4.03. The third-order valence-electron chi connectivity index (χ3n) is 3.90. The van der Waals surface area contributed by atoms with Gasteiger partial charge in [-0.05, 0) is 57.2 Å². The van der Waals surface area contributed by atoms with Gasteiger partial charge in [0.15, 0.2) is 0 Å². The van der Waals surface area contributed by atoms with E-state index in [2.05, 4.69) is 14.9 Å². The fraction of sp³-hybridized carbons (Fsp3) is 0.571. The molecule has 3 aliphatic heterocycles. The fourth-order valence-corrected chi connectivity index (χ4v) is 3.10. The van der Waals surface area contributed by atoms with Crippen molar-refractivity contribution in [2.24, 2.45) is 15.9 Å². The highest BCUT2D eigenvalue weighted by Gasteiger charge is 2.34. The number of carbonyl (C=O) groups is 1. The highest BCUT2D eigenvalue weighted by atomic mass is 32.1. The monoisotopic (exact) mass is 290 g/mol. The van der Waals surface area contributed by atoms with Crippen LogP contribution >= 0.6 is 12.2 Å². The summed E-state index contributed by atoms with van der Waals surface area (Å²) in [7, 11) is 0. The van der Waals surface area contributed by atoms with E-state index < -0.39 is 0 Å². The molecule has 0 aliphatic carbocycles. The van der Waals surface area contributed by atoms with Gasteiger partial charge in [-0.2, -0.15) is 0 Å². The second kappa shape index (κ2) is 5.93. The highest BCUT2D eigenvalue weighted by Crippen LogP contribution is 2.19. The first-order chi connectivity index (χ1) is 9.75. The molecule has 1 amide bonds. The zero-order valence-corrected chi connectivity index (χ0v) is 12.2. The van der Waals surface area contributed by atoms with Gasteiger partial charge in [-0.15, -0.1) is 0 Å². The zero-order valence-electron chi connectivity index (χ0n) is 11.4. The maximum Gasteiger partial charge on any atom is 0.243 e. The molecule has 3 heterocycles. The molecule has 1 unspecified atom stereocenters. The van der Waals surface area contributed by atoms with E-state index in [0.717, 1.165) is 13.0 Å². The average Bonchev–Trinajstić information content (AvgIpc) is 2.96. The van der Waals surface area contributed by atoms with Crippen LogP contribution < -0.4 is 0 Å². The lowest BCUT2D eigenvalue weighted by atomic mass is 10.0. The zero-order chi connectivity index (χ0) is 13.9. The summed E-state index contributed by atoms with van der Waals surface area (Å²) >= 11 is 5.23. The van der Waals surface area contributed by atoms with E-state index in [0.29, 0.717) is 17.5 Å². The van der Waals surface area contributed by atoms with Crippen molar-refractivity contribution < 1.29 is 4.79 Å². The molecule has 0 aromatic carbocycles. The molecule has 1 fully saturated rings. The molecule has 6 heteroatoms. The summed E-state index contributed by atoms with van der Waals surface area (Å²) < 4.78 is 0. The van der Waals surface area contributed by atoms with E-state index in [9.17, 15) is 4.79 Å². The van der Waals surface area contributed by atoms with Crippen LogP contribution in [0.15, 0.2) is 22.1 Å². The number of hydrogen-bond acceptors (Lipinski definition) is 4. The molecule has 0 saturated carbocycles. The van der Waals surface area contributed by atoms with Crippen molar-refractivity contribution in [2.75, 3.05) is 26.2 Å². The van der Waals surface area contributed by atoms with Crippen molar-refractivity contribution in [2.45, 2.75) is 19.3 Å². The van der Waals surface area contributed by atoms with Crippen LogP contribution in [0.25, 0.3) is 0 Å². The standard InChI is InChI=1S/C14H18N4OS/c19-13-11-5-3-6-15-12(11)16-14(20)18(13)10-4-9-17-7-1-2-8-17/h3,5-6,11H,1-2,4,7-10H2. The number of thiocarbonyl (C=S) groups is 1. The van der Waals surface area contributed by atoms with Crippen LogP contribution in [0.5, 0.6) is 0 Å². The molecule has 3 rings (SSSR count). The maximum atomic E-state index is 12.4. The Balaban J connectivity index is 1.60. The first-order valence-corrected chi connectivity index (χ1v) is 7.53. The number of likely N-dealkylation sites (tertiary alicyclic amines) is 1. The van der Waals surface area contributed by atoms with Crippen molar-refractivity contribution in [1.82, 2.24) is 9.80 Å². The van der Waals surface area contributed by atoms with Gasteiger partial charge in [0.05, 0.1) is 0 Å². The van der Waals surface area contributed by atoms with Gasteiger partial charge in [0.1, 0.15) is 11.8 Å². The average molecular weight is 290 g/mol. The summed E-state index contributed by atoms with van der Waals surface area (Å²) in [5.74, 6) is 0.186. The second-order valence-electron chi connectivity index (χ2n) is 5.29. The van der Waals surface area contributed by atoms with Crippen molar-refractivity contribution in [1.29, 1.82) is 0 Å². The lowest BCUT2D eigenvalue weighted by molar-refractivity contribution is -0.128. The minimum absolute atomic E-state index is 0.00882. The van der Waals surface area contributed by atoms with Gasteiger partial charge in [0, 0.05) is 12.8 Å². The van der Waals surface area contributed by atoms with Crippen LogP contribution in [-0.2, 0) is 4.79 Å². The molecule has 1 saturated heterocycles. The molecular formula is C14H18N4OS. The quantitative estimate of drug-likeness (QED) is 0.732. The van der Waals surface area contributed by atoms with Crippen molar-refractivity contribution >= 4 is 35.3 Å². The number of rotatable bonds is 4. The van der Waals surface area contributed by atoms with Gasteiger partial charge >= 0.3 is 0 Å². The molecule has 1 atom stereocenters. The molecule has 5 nitrogen and oxygen atoms in total. The van der Waals surface area contributed by atoms with Crippen LogP contribution in [0.3, 0.4) is 0 Å². The van der Waals surface area contributed by atoms with E-state index in [1.165, 1.54) is 25.9 Å². The van der Waals surface area contributed by atoms with Crippen LogP contribution in [0.4, 0.5) is 0 Å². The Labute approximate surface area is 124 Å².